The largest absolute Gasteiger partial charge is 0.341 e. The minimum atomic E-state index is 0.0603. The lowest BCUT2D eigenvalue weighted by Gasteiger charge is -2.37. The Labute approximate surface area is 104 Å². The van der Waals surface area contributed by atoms with E-state index in [2.05, 4.69) is 22.2 Å². The van der Waals surface area contributed by atoms with Crippen LogP contribution in [0.25, 0.3) is 0 Å². The van der Waals surface area contributed by atoms with Crippen LogP contribution >= 0.6 is 0 Å². The van der Waals surface area contributed by atoms with Gasteiger partial charge in [0.05, 0.1) is 6.04 Å². The summed E-state index contributed by atoms with van der Waals surface area (Å²) >= 11 is 0. The highest BCUT2D eigenvalue weighted by atomic mass is 16.2. The molecular formula is C13H25N3O. The summed E-state index contributed by atoms with van der Waals surface area (Å²) in [6.07, 6.45) is 4.69. The Bertz CT molecular complexity index is 269. The molecule has 2 heterocycles. The maximum Gasteiger partial charge on any atom is 0.239 e. The molecule has 0 bridgehead atoms. The molecule has 98 valence electrons. The van der Waals surface area contributed by atoms with E-state index in [1.165, 1.54) is 19.4 Å². The second kappa shape index (κ2) is 5.83. The summed E-state index contributed by atoms with van der Waals surface area (Å²) in [4.78, 5) is 16.6. The minimum absolute atomic E-state index is 0.0603. The van der Waals surface area contributed by atoms with Crippen LogP contribution in [0, 0.1) is 5.92 Å². The van der Waals surface area contributed by atoms with Crippen molar-refractivity contribution in [2.45, 2.75) is 31.7 Å². The first-order chi connectivity index (χ1) is 8.20. The van der Waals surface area contributed by atoms with Gasteiger partial charge in [0.2, 0.25) is 5.91 Å². The predicted octanol–water partition coefficient (Wildman–Crippen LogP) is 0.539. The number of likely N-dealkylation sites (tertiary alicyclic amines) is 2. The van der Waals surface area contributed by atoms with Gasteiger partial charge < -0.3 is 15.1 Å². The lowest BCUT2D eigenvalue weighted by atomic mass is 9.96. The maximum absolute atomic E-state index is 12.2. The van der Waals surface area contributed by atoms with E-state index in [0.29, 0.717) is 11.8 Å². The van der Waals surface area contributed by atoms with Crippen molar-refractivity contribution in [2.24, 2.45) is 5.92 Å². The van der Waals surface area contributed by atoms with Gasteiger partial charge >= 0.3 is 0 Å². The molecule has 2 aliphatic rings. The van der Waals surface area contributed by atoms with Crippen molar-refractivity contribution in [1.29, 1.82) is 0 Å². The predicted molar refractivity (Wildman–Crippen MR) is 68.9 cm³/mol. The van der Waals surface area contributed by atoms with Crippen LogP contribution in [0.5, 0.6) is 0 Å². The molecule has 0 aromatic rings. The lowest BCUT2D eigenvalue weighted by Crippen LogP contribution is -2.52. The van der Waals surface area contributed by atoms with Crippen molar-refractivity contribution in [3.63, 3.8) is 0 Å². The normalized spacial score (nSPS) is 31.9. The fourth-order valence-electron chi connectivity index (χ4n) is 3.12. The lowest BCUT2D eigenvalue weighted by molar-refractivity contribution is -0.136. The molecule has 1 amide bonds. The Morgan fingerprint density at radius 2 is 2.06 bits per heavy atom. The molecule has 2 atom stereocenters. The highest BCUT2D eigenvalue weighted by molar-refractivity contribution is 5.82. The van der Waals surface area contributed by atoms with Gasteiger partial charge in [0.25, 0.3) is 0 Å². The average molecular weight is 239 g/mol. The molecule has 0 saturated carbocycles. The number of hydrogen-bond acceptors (Lipinski definition) is 3. The molecule has 0 radical (unpaired) electrons. The summed E-state index contributed by atoms with van der Waals surface area (Å²) in [7, 11) is 4.07. The van der Waals surface area contributed by atoms with Gasteiger partial charge in [-0.3, -0.25) is 4.79 Å². The molecule has 2 unspecified atom stereocenters. The number of piperidine rings is 2. The van der Waals surface area contributed by atoms with E-state index in [1.54, 1.807) is 0 Å². The fourth-order valence-corrected chi connectivity index (χ4v) is 3.12. The van der Waals surface area contributed by atoms with Crippen LogP contribution in [-0.4, -0.2) is 62.0 Å². The van der Waals surface area contributed by atoms with E-state index >= 15 is 0 Å². The van der Waals surface area contributed by atoms with Gasteiger partial charge in [-0.1, -0.05) is 0 Å². The van der Waals surface area contributed by atoms with Crippen LogP contribution in [0.3, 0.4) is 0 Å². The van der Waals surface area contributed by atoms with Crippen molar-refractivity contribution >= 4 is 5.91 Å². The SMILES string of the molecule is CNC1CCCN(CC2CCCN(C)C2)C1=O. The fraction of sp³-hybridized carbons (Fsp3) is 0.923. The summed E-state index contributed by atoms with van der Waals surface area (Å²) in [6.45, 7) is 4.27. The van der Waals surface area contributed by atoms with Gasteiger partial charge in [-0.25, -0.2) is 0 Å². The molecule has 1 N–H and O–H groups in total. The summed E-state index contributed by atoms with van der Waals surface area (Å²) < 4.78 is 0. The second-order valence-corrected chi connectivity index (χ2v) is 5.54. The zero-order chi connectivity index (χ0) is 12.3. The number of likely N-dealkylation sites (N-methyl/N-ethyl adjacent to an activating group) is 1. The molecule has 4 heteroatoms. The van der Waals surface area contributed by atoms with Crippen molar-refractivity contribution < 1.29 is 4.79 Å². The molecule has 0 aromatic heterocycles. The number of nitrogens with one attached hydrogen (secondary N) is 1. The van der Waals surface area contributed by atoms with E-state index in [0.717, 1.165) is 32.5 Å². The number of carbonyl (C=O) groups is 1. The zero-order valence-electron chi connectivity index (χ0n) is 11.1. The molecule has 0 spiro atoms. The molecule has 0 aliphatic carbocycles. The second-order valence-electron chi connectivity index (χ2n) is 5.54. The van der Waals surface area contributed by atoms with Gasteiger partial charge in [0.15, 0.2) is 0 Å². The summed E-state index contributed by atoms with van der Waals surface area (Å²) in [5.41, 5.74) is 0. The van der Waals surface area contributed by atoms with Crippen molar-refractivity contribution in [1.82, 2.24) is 15.1 Å². The van der Waals surface area contributed by atoms with Crippen LogP contribution in [0.2, 0.25) is 0 Å². The highest BCUT2D eigenvalue weighted by Gasteiger charge is 2.29. The Kier molecular flexibility index (Phi) is 4.40. The van der Waals surface area contributed by atoms with Crippen molar-refractivity contribution in [3.05, 3.63) is 0 Å². The third-order valence-electron chi connectivity index (χ3n) is 4.08. The van der Waals surface area contributed by atoms with E-state index < -0.39 is 0 Å². The number of hydrogen-bond donors (Lipinski definition) is 1. The molecule has 2 saturated heterocycles. The molecule has 4 nitrogen and oxygen atoms in total. The first kappa shape index (κ1) is 12.8. The maximum atomic E-state index is 12.2. The van der Waals surface area contributed by atoms with E-state index in [-0.39, 0.29) is 6.04 Å². The Morgan fingerprint density at radius 3 is 2.76 bits per heavy atom. The van der Waals surface area contributed by atoms with Gasteiger partial charge in [0, 0.05) is 19.6 Å². The monoisotopic (exact) mass is 239 g/mol. The minimum Gasteiger partial charge on any atom is -0.341 e. The summed E-state index contributed by atoms with van der Waals surface area (Å²) in [5.74, 6) is 0.986. The molecule has 2 rings (SSSR count). The van der Waals surface area contributed by atoms with Gasteiger partial charge in [-0.05, 0) is 52.2 Å². The Balaban J connectivity index is 1.87. The molecule has 2 aliphatic heterocycles. The molecule has 2 fully saturated rings. The Morgan fingerprint density at radius 1 is 1.29 bits per heavy atom. The molecular weight excluding hydrogens is 214 g/mol. The number of rotatable bonds is 3. The Hall–Kier alpha value is -0.610. The first-order valence-electron chi connectivity index (χ1n) is 6.85. The number of carbonyl (C=O) groups excluding carboxylic acids is 1. The highest BCUT2D eigenvalue weighted by Crippen LogP contribution is 2.19. The summed E-state index contributed by atoms with van der Waals surface area (Å²) in [6, 6.07) is 0.0603. The standard InChI is InChI=1S/C13H25N3O/c1-14-12-6-4-8-16(13(12)17)10-11-5-3-7-15(2)9-11/h11-12,14H,3-10H2,1-2H3. The van der Waals surface area contributed by atoms with Crippen LogP contribution in [0.4, 0.5) is 0 Å². The topological polar surface area (TPSA) is 35.6 Å². The molecule has 17 heavy (non-hydrogen) atoms. The van der Waals surface area contributed by atoms with Crippen LogP contribution < -0.4 is 5.32 Å². The van der Waals surface area contributed by atoms with Gasteiger partial charge in [0.1, 0.15) is 0 Å². The van der Waals surface area contributed by atoms with E-state index in [4.69, 9.17) is 0 Å². The third kappa shape index (κ3) is 3.19. The van der Waals surface area contributed by atoms with Crippen molar-refractivity contribution in [2.75, 3.05) is 40.3 Å². The van der Waals surface area contributed by atoms with Crippen LogP contribution in [-0.2, 0) is 4.79 Å². The van der Waals surface area contributed by atoms with Crippen molar-refractivity contribution in [3.8, 4) is 0 Å². The van der Waals surface area contributed by atoms with Gasteiger partial charge in [-0.2, -0.15) is 0 Å². The summed E-state index contributed by atoms with van der Waals surface area (Å²) in [5, 5.41) is 3.13. The third-order valence-corrected chi connectivity index (χ3v) is 4.08. The average Bonchev–Trinajstić information content (AvgIpc) is 2.32. The van der Waals surface area contributed by atoms with Crippen LogP contribution in [0.15, 0.2) is 0 Å². The molecule has 0 aromatic carbocycles. The number of amides is 1. The van der Waals surface area contributed by atoms with E-state index in [1.807, 2.05) is 7.05 Å². The number of nitrogens with zero attached hydrogens (tertiary/aromatic N) is 2. The first-order valence-corrected chi connectivity index (χ1v) is 6.85. The zero-order valence-corrected chi connectivity index (χ0v) is 11.1. The quantitative estimate of drug-likeness (QED) is 0.781. The van der Waals surface area contributed by atoms with E-state index in [9.17, 15) is 4.79 Å². The van der Waals surface area contributed by atoms with Crippen LogP contribution in [0.1, 0.15) is 25.7 Å². The smallest absolute Gasteiger partial charge is 0.239 e. The van der Waals surface area contributed by atoms with Gasteiger partial charge in [-0.15, -0.1) is 0 Å².